The Labute approximate surface area is 110 Å². The lowest BCUT2D eigenvalue weighted by Crippen LogP contribution is -2.28. The van der Waals surface area contributed by atoms with Gasteiger partial charge in [-0.15, -0.1) is 0 Å². The summed E-state index contributed by atoms with van der Waals surface area (Å²) in [6, 6.07) is 2.00. The van der Waals surface area contributed by atoms with Crippen LogP contribution in [0.3, 0.4) is 0 Å². The van der Waals surface area contributed by atoms with E-state index in [0.29, 0.717) is 18.1 Å². The highest BCUT2D eigenvalue weighted by Gasteiger charge is 2.28. The van der Waals surface area contributed by atoms with Gasteiger partial charge in [-0.05, 0) is 38.0 Å². The van der Waals surface area contributed by atoms with E-state index in [9.17, 15) is 0 Å². The van der Waals surface area contributed by atoms with Crippen LogP contribution in [0.15, 0.2) is 12.3 Å². The summed E-state index contributed by atoms with van der Waals surface area (Å²) in [5.74, 6) is 0.926. The van der Waals surface area contributed by atoms with Crippen molar-refractivity contribution in [2.45, 2.75) is 59.1 Å². The van der Waals surface area contributed by atoms with Gasteiger partial charge in [0.25, 0.3) is 0 Å². The first-order chi connectivity index (χ1) is 8.50. The molecule has 0 saturated heterocycles. The predicted molar refractivity (Wildman–Crippen MR) is 73.5 cm³/mol. The lowest BCUT2D eigenvalue weighted by Gasteiger charge is -2.34. The number of nitrogens with two attached hydrogens (primary N) is 1. The quantitative estimate of drug-likeness (QED) is 0.893. The smallest absolute Gasteiger partial charge is 0.127 e. The monoisotopic (exact) mass is 248 g/mol. The first-order valence-electron chi connectivity index (χ1n) is 6.82. The van der Waals surface area contributed by atoms with Crippen molar-refractivity contribution >= 4 is 0 Å². The summed E-state index contributed by atoms with van der Waals surface area (Å²) in [6.07, 6.45) is 6.92. The van der Waals surface area contributed by atoms with Crippen LogP contribution in [0, 0.1) is 12.3 Å². The highest BCUT2D eigenvalue weighted by molar-refractivity contribution is 5.32. The van der Waals surface area contributed by atoms with Crippen LogP contribution in [0.1, 0.15) is 50.8 Å². The van der Waals surface area contributed by atoms with Gasteiger partial charge < -0.3 is 10.5 Å². The fourth-order valence-electron chi connectivity index (χ4n) is 2.50. The third-order valence-corrected chi connectivity index (χ3v) is 3.88. The number of nitrogens with zero attached hydrogens (tertiary/aromatic N) is 1. The van der Waals surface area contributed by atoms with E-state index in [-0.39, 0.29) is 0 Å². The molecule has 0 aliphatic heterocycles. The molecule has 18 heavy (non-hydrogen) atoms. The van der Waals surface area contributed by atoms with Crippen molar-refractivity contribution in [1.29, 1.82) is 0 Å². The van der Waals surface area contributed by atoms with Crippen molar-refractivity contribution in [3.05, 3.63) is 23.5 Å². The Bertz CT molecular complexity index is 405. The predicted octanol–water partition coefficient (Wildman–Crippen LogP) is 3.20. The molecule has 1 heterocycles. The molecule has 1 aliphatic carbocycles. The Morgan fingerprint density at radius 1 is 1.39 bits per heavy atom. The largest absolute Gasteiger partial charge is 0.490 e. The maximum absolute atomic E-state index is 6.13. The molecule has 3 heteroatoms. The zero-order valence-corrected chi connectivity index (χ0v) is 11.7. The lowest BCUT2D eigenvalue weighted by atomic mass is 9.76. The third kappa shape index (κ3) is 3.22. The van der Waals surface area contributed by atoms with Crippen LogP contribution in [0.25, 0.3) is 0 Å². The highest BCUT2D eigenvalue weighted by atomic mass is 16.5. The highest BCUT2D eigenvalue weighted by Crippen LogP contribution is 2.37. The van der Waals surface area contributed by atoms with Gasteiger partial charge >= 0.3 is 0 Å². The summed E-state index contributed by atoms with van der Waals surface area (Å²) >= 11 is 0. The topological polar surface area (TPSA) is 48.1 Å². The van der Waals surface area contributed by atoms with E-state index >= 15 is 0 Å². The number of hydrogen-bond donors (Lipinski definition) is 1. The molecule has 1 aromatic heterocycles. The molecule has 0 spiro atoms. The van der Waals surface area contributed by atoms with Crippen LogP contribution >= 0.6 is 0 Å². The van der Waals surface area contributed by atoms with Gasteiger partial charge in [-0.2, -0.15) is 0 Å². The van der Waals surface area contributed by atoms with Crippen LogP contribution < -0.4 is 10.5 Å². The van der Waals surface area contributed by atoms with Gasteiger partial charge in [0.2, 0.25) is 0 Å². The van der Waals surface area contributed by atoms with Gasteiger partial charge in [-0.3, -0.25) is 4.98 Å². The molecule has 1 fully saturated rings. The molecule has 2 N–H and O–H groups in total. The normalized spacial score (nSPS) is 19.8. The van der Waals surface area contributed by atoms with Crippen molar-refractivity contribution in [2.24, 2.45) is 11.1 Å². The molecule has 0 unspecified atom stereocenters. The zero-order valence-electron chi connectivity index (χ0n) is 11.7. The fraction of sp³-hybridized carbons (Fsp3) is 0.667. The molecule has 100 valence electrons. The molecular weight excluding hydrogens is 224 g/mol. The summed E-state index contributed by atoms with van der Waals surface area (Å²) in [4.78, 5) is 4.27. The van der Waals surface area contributed by atoms with E-state index in [1.807, 2.05) is 19.2 Å². The van der Waals surface area contributed by atoms with E-state index in [0.717, 1.165) is 29.8 Å². The van der Waals surface area contributed by atoms with E-state index in [4.69, 9.17) is 10.5 Å². The van der Waals surface area contributed by atoms with E-state index in [1.54, 1.807) is 0 Å². The Morgan fingerprint density at radius 2 is 2.06 bits per heavy atom. The Kier molecular flexibility index (Phi) is 3.91. The molecule has 0 atom stereocenters. The molecule has 0 radical (unpaired) electrons. The first-order valence-corrected chi connectivity index (χ1v) is 6.82. The Hall–Kier alpha value is -1.09. The first kappa shape index (κ1) is 13.3. The van der Waals surface area contributed by atoms with E-state index < -0.39 is 0 Å². The van der Waals surface area contributed by atoms with Gasteiger partial charge in [-0.1, -0.05) is 13.8 Å². The van der Waals surface area contributed by atoms with Crippen molar-refractivity contribution in [3.63, 3.8) is 0 Å². The second-order valence-electron chi connectivity index (χ2n) is 6.12. The number of rotatable bonds is 3. The summed E-state index contributed by atoms with van der Waals surface area (Å²) in [7, 11) is 0. The van der Waals surface area contributed by atoms with Crippen molar-refractivity contribution < 1.29 is 4.74 Å². The lowest BCUT2D eigenvalue weighted by molar-refractivity contribution is 0.0978. The summed E-state index contributed by atoms with van der Waals surface area (Å²) < 4.78 is 6.13. The van der Waals surface area contributed by atoms with Gasteiger partial charge in [-0.25, -0.2) is 0 Å². The Morgan fingerprint density at radius 3 is 2.67 bits per heavy atom. The number of aryl methyl sites for hydroxylation is 1. The molecule has 0 bridgehead atoms. The van der Waals surface area contributed by atoms with Crippen LogP contribution in [-0.4, -0.2) is 11.1 Å². The van der Waals surface area contributed by atoms with Gasteiger partial charge in [0.15, 0.2) is 0 Å². The SMILES string of the molecule is Cc1cc(OC2CCC(C)(C)CC2)c(CN)cn1. The Balaban J connectivity index is 2.04. The molecule has 1 aromatic rings. The minimum Gasteiger partial charge on any atom is -0.490 e. The van der Waals surface area contributed by atoms with Crippen LogP contribution in [-0.2, 0) is 6.54 Å². The van der Waals surface area contributed by atoms with Crippen molar-refractivity contribution in [2.75, 3.05) is 0 Å². The fourth-order valence-corrected chi connectivity index (χ4v) is 2.50. The van der Waals surface area contributed by atoms with Gasteiger partial charge in [0, 0.05) is 30.1 Å². The number of hydrogen-bond acceptors (Lipinski definition) is 3. The standard InChI is InChI=1S/C15H24N2O/c1-11-8-14(12(9-16)10-17-11)18-13-4-6-15(2,3)7-5-13/h8,10,13H,4-7,9,16H2,1-3H3. The van der Waals surface area contributed by atoms with E-state index in [1.165, 1.54) is 12.8 Å². The number of aromatic nitrogens is 1. The minimum absolute atomic E-state index is 0.338. The molecular formula is C15H24N2O. The van der Waals surface area contributed by atoms with Crippen molar-refractivity contribution in [1.82, 2.24) is 4.98 Å². The third-order valence-electron chi connectivity index (χ3n) is 3.88. The maximum Gasteiger partial charge on any atom is 0.127 e. The van der Waals surface area contributed by atoms with Crippen LogP contribution in [0.2, 0.25) is 0 Å². The van der Waals surface area contributed by atoms with Gasteiger partial charge in [0.1, 0.15) is 5.75 Å². The molecule has 0 amide bonds. The second-order valence-corrected chi connectivity index (χ2v) is 6.12. The molecule has 0 aromatic carbocycles. The minimum atomic E-state index is 0.338. The van der Waals surface area contributed by atoms with Crippen LogP contribution in [0.5, 0.6) is 5.75 Å². The zero-order chi connectivity index (χ0) is 13.2. The average molecular weight is 248 g/mol. The number of ether oxygens (including phenoxy) is 1. The molecule has 2 rings (SSSR count). The average Bonchev–Trinajstić information content (AvgIpc) is 2.32. The van der Waals surface area contributed by atoms with Crippen molar-refractivity contribution in [3.8, 4) is 5.75 Å². The number of pyridine rings is 1. The summed E-state index contributed by atoms with van der Waals surface area (Å²) in [5.41, 5.74) is 8.20. The second kappa shape index (κ2) is 5.27. The van der Waals surface area contributed by atoms with E-state index in [2.05, 4.69) is 18.8 Å². The van der Waals surface area contributed by atoms with Gasteiger partial charge in [0.05, 0.1) is 6.10 Å². The van der Waals surface area contributed by atoms with Crippen LogP contribution in [0.4, 0.5) is 0 Å². The molecule has 3 nitrogen and oxygen atoms in total. The summed E-state index contributed by atoms with van der Waals surface area (Å²) in [5, 5.41) is 0. The maximum atomic E-state index is 6.13. The summed E-state index contributed by atoms with van der Waals surface area (Å²) in [6.45, 7) is 7.15. The molecule has 1 aliphatic rings. The molecule has 1 saturated carbocycles.